The van der Waals surface area contributed by atoms with Crippen LogP contribution in [0.15, 0.2) is 18.2 Å². The molecule has 136 valence electrons. The fraction of sp³-hybridized carbons (Fsp3) is 0.647. The van der Waals surface area contributed by atoms with Gasteiger partial charge in [-0.2, -0.15) is 13.2 Å². The molecule has 1 heterocycles. The zero-order chi connectivity index (χ0) is 18.1. The summed E-state index contributed by atoms with van der Waals surface area (Å²) in [5.74, 6) is -0.357. The third kappa shape index (κ3) is 4.91. The standard InChI is InChI=1S/C17H24F4N2O/c1-12-8-13(18)4-5-14(12)15(24)9-23-7-6-22(10-16(23,2)3)11-17(19,20)21/h4-5,8,15,24H,6-7,9-11H2,1-3H3. The first-order valence-electron chi connectivity index (χ1n) is 7.96. The summed E-state index contributed by atoms with van der Waals surface area (Å²) >= 11 is 0. The van der Waals surface area contributed by atoms with Crippen LogP contribution >= 0.6 is 0 Å². The van der Waals surface area contributed by atoms with Gasteiger partial charge in [0.05, 0.1) is 12.6 Å². The average Bonchev–Trinajstić information content (AvgIpc) is 2.39. The number of β-amino-alcohol motifs (C(OH)–C–C–N with tert-alkyl or cyclic N) is 1. The van der Waals surface area contributed by atoms with Crippen LogP contribution in [-0.2, 0) is 0 Å². The number of aliphatic hydroxyl groups excluding tert-OH is 1. The number of alkyl halides is 3. The van der Waals surface area contributed by atoms with Gasteiger partial charge in [-0.1, -0.05) is 6.07 Å². The molecule has 0 aromatic heterocycles. The Balaban J connectivity index is 2.02. The second-order valence-corrected chi connectivity index (χ2v) is 7.10. The smallest absolute Gasteiger partial charge is 0.387 e. The topological polar surface area (TPSA) is 26.7 Å². The van der Waals surface area contributed by atoms with Crippen molar-refractivity contribution in [1.82, 2.24) is 9.80 Å². The minimum Gasteiger partial charge on any atom is -0.387 e. The van der Waals surface area contributed by atoms with Crippen LogP contribution in [0.1, 0.15) is 31.1 Å². The molecule has 7 heteroatoms. The number of aryl methyl sites for hydroxylation is 1. The van der Waals surface area contributed by atoms with E-state index in [1.165, 1.54) is 17.0 Å². The van der Waals surface area contributed by atoms with Crippen LogP contribution in [0.5, 0.6) is 0 Å². The van der Waals surface area contributed by atoms with Crippen LogP contribution in [0.3, 0.4) is 0 Å². The summed E-state index contributed by atoms with van der Waals surface area (Å²) < 4.78 is 50.9. The van der Waals surface area contributed by atoms with E-state index in [9.17, 15) is 22.7 Å². The summed E-state index contributed by atoms with van der Waals surface area (Å²) in [6.45, 7) is 5.90. The lowest BCUT2D eigenvalue weighted by atomic mass is 9.96. The number of piperazine rings is 1. The molecule has 3 nitrogen and oxygen atoms in total. The zero-order valence-corrected chi connectivity index (χ0v) is 14.2. The van der Waals surface area contributed by atoms with Crippen molar-refractivity contribution in [2.75, 3.05) is 32.7 Å². The fourth-order valence-electron chi connectivity index (χ4n) is 3.34. The second-order valence-electron chi connectivity index (χ2n) is 7.10. The van der Waals surface area contributed by atoms with Crippen molar-refractivity contribution in [1.29, 1.82) is 0 Å². The van der Waals surface area contributed by atoms with Gasteiger partial charge in [0.1, 0.15) is 5.82 Å². The highest BCUT2D eigenvalue weighted by atomic mass is 19.4. The van der Waals surface area contributed by atoms with Crippen molar-refractivity contribution >= 4 is 0 Å². The maximum atomic E-state index is 13.2. The van der Waals surface area contributed by atoms with E-state index in [1.807, 2.05) is 18.7 Å². The average molecular weight is 348 g/mol. The molecule has 1 fully saturated rings. The van der Waals surface area contributed by atoms with Crippen LogP contribution in [0.25, 0.3) is 0 Å². The molecule has 1 atom stereocenters. The van der Waals surface area contributed by atoms with Gasteiger partial charge in [0, 0.05) is 31.7 Å². The summed E-state index contributed by atoms with van der Waals surface area (Å²) in [4.78, 5) is 3.39. The highest BCUT2D eigenvalue weighted by molar-refractivity contribution is 5.28. The molecule has 1 N–H and O–H groups in total. The minimum atomic E-state index is -4.21. The number of hydrogen-bond acceptors (Lipinski definition) is 3. The molecule has 0 aliphatic carbocycles. The number of benzene rings is 1. The quantitative estimate of drug-likeness (QED) is 0.847. The van der Waals surface area contributed by atoms with Crippen molar-refractivity contribution in [2.45, 2.75) is 38.6 Å². The molecule has 1 aromatic carbocycles. The Bertz CT molecular complexity index is 574. The SMILES string of the molecule is Cc1cc(F)ccc1C(O)CN1CCN(CC(F)(F)F)CC1(C)C. The highest BCUT2D eigenvalue weighted by Crippen LogP contribution is 2.28. The molecule has 0 amide bonds. The maximum Gasteiger partial charge on any atom is 0.401 e. The van der Waals surface area contributed by atoms with Gasteiger partial charge in [-0.3, -0.25) is 9.80 Å². The summed E-state index contributed by atoms with van der Waals surface area (Å²) in [6, 6.07) is 4.23. The molecule has 1 saturated heterocycles. The van der Waals surface area contributed by atoms with E-state index >= 15 is 0 Å². The van der Waals surface area contributed by atoms with E-state index in [0.717, 1.165) is 0 Å². The monoisotopic (exact) mass is 348 g/mol. The second kappa shape index (κ2) is 6.98. The van der Waals surface area contributed by atoms with Crippen LogP contribution < -0.4 is 0 Å². The first-order chi connectivity index (χ1) is 11.0. The number of hydrogen-bond donors (Lipinski definition) is 1. The molecular formula is C17H24F4N2O. The van der Waals surface area contributed by atoms with Gasteiger partial charge >= 0.3 is 6.18 Å². The summed E-state index contributed by atoms with van der Waals surface area (Å²) in [7, 11) is 0. The molecule has 24 heavy (non-hydrogen) atoms. The van der Waals surface area contributed by atoms with Crippen LogP contribution in [0.2, 0.25) is 0 Å². The molecule has 1 aliphatic rings. The zero-order valence-electron chi connectivity index (χ0n) is 14.2. The third-order valence-corrected chi connectivity index (χ3v) is 4.54. The highest BCUT2D eigenvalue weighted by Gasteiger charge is 2.39. The first-order valence-corrected chi connectivity index (χ1v) is 7.96. The Morgan fingerprint density at radius 1 is 1.25 bits per heavy atom. The molecule has 1 aliphatic heterocycles. The lowest BCUT2D eigenvalue weighted by Crippen LogP contribution is -2.61. The normalized spacial score (nSPS) is 21.0. The Labute approximate surface area is 139 Å². The van der Waals surface area contributed by atoms with Crippen molar-refractivity contribution in [3.63, 3.8) is 0 Å². The van der Waals surface area contributed by atoms with Crippen LogP contribution in [0, 0.1) is 12.7 Å². The Kier molecular flexibility index (Phi) is 5.57. The minimum absolute atomic E-state index is 0.279. The Hall–Kier alpha value is -1.18. The summed E-state index contributed by atoms with van der Waals surface area (Å²) in [5, 5.41) is 10.5. The predicted octanol–water partition coefficient (Wildman–Crippen LogP) is 3.13. The van der Waals surface area contributed by atoms with E-state index < -0.39 is 24.4 Å². The first kappa shape index (κ1) is 19.1. The number of aliphatic hydroxyl groups is 1. The molecular weight excluding hydrogens is 324 g/mol. The van der Waals surface area contributed by atoms with Gasteiger partial charge in [0.15, 0.2) is 0 Å². The predicted molar refractivity (Wildman–Crippen MR) is 84.2 cm³/mol. The lowest BCUT2D eigenvalue weighted by molar-refractivity contribution is -0.156. The number of rotatable bonds is 4. The molecule has 0 radical (unpaired) electrons. The molecule has 2 rings (SSSR count). The van der Waals surface area contributed by atoms with Gasteiger partial charge in [-0.25, -0.2) is 4.39 Å². The maximum absolute atomic E-state index is 13.2. The summed E-state index contributed by atoms with van der Waals surface area (Å²) in [5.41, 5.74) is 0.819. The van der Waals surface area contributed by atoms with Crippen molar-refractivity contribution in [3.05, 3.63) is 35.1 Å². The van der Waals surface area contributed by atoms with E-state index in [1.54, 1.807) is 13.0 Å². The van der Waals surface area contributed by atoms with Crippen molar-refractivity contribution in [2.24, 2.45) is 0 Å². The lowest BCUT2D eigenvalue weighted by Gasteiger charge is -2.48. The van der Waals surface area contributed by atoms with Gasteiger partial charge in [0.2, 0.25) is 0 Å². The Morgan fingerprint density at radius 2 is 1.92 bits per heavy atom. The van der Waals surface area contributed by atoms with Crippen molar-refractivity contribution in [3.8, 4) is 0 Å². The fourth-order valence-corrected chi connectivity index (χ4v) is 3.34. The van der Waals surface area contributed by atoms with Crippen molar-refractivity contribution < 1.29 is 22.7 Å². The van der Waals surface area contributed by atoms with E-state index in [4.69, 9.17) is 0 Å². The third-order valence-electron chi connectivity index (χ3n) is 4.54. The van der Waals surface area contributed by atoms with Gasteiger partial charge < -0.3 is 5.11 Å². The van der Waals surface area contributed by atoms with E-state index in [-0.39, 0.29) is 12.4 Å². The van der Waals surface area contributed by atoms with Gasteiger partial charge in [-0.05, 0) is 44.0 Å². The summed E-state index contributed by atoms with van der Waals surface area (Å²) in [6.07, 6.45) is -5.01. The Morgan fingerprint density at radius 3 is 2.46 bits per heavy atom. The van der Waals surface area contributed by atoms with Gasteiger partial charge in [0.25, 0.3) is 0 Å². The number of nitrogens with zero attached hydrogens (tertiary/aromatic N) is 2. The largest absolute Gasteiger partial charge is 0.401 e. The van der Waals surface area contributed by atoms with Crippen LogP contribution in [0.4, 0.5) is 17.6 Å². The molecule has 0 spiro atoms. The molecule has 0 saturated carbocycles. The molecule has 0 bridgehead atoms. The van der Waals surface area contributed by atoms with Crippen LogP contribution in [-0.4, -0.2) is 59.3 Å². The van der Waals surface area contributed by atoms with Gasteiger partial charge in [-0.15, -0.1) is 0 Å². The molecule has 1 unspecified atom stereocenters. The van der Waals surface area contributed by atoms with E-state index in [2.05, 4.69) is 0 Å². The number of halogens is 4. The molecule has 1 aromatic rings. The van der Waals surface area contributed by atoms with E-state index in [0.29, 0.717) is 30.8 Å².